The molecule has 4 amide bonds. The van der Waals surface area contributed by atoms with Crippen molar-refractivity contribution in [2.75, 3.05) is 13.1 Å². The number of aromatic nitrogens is 2. The fourth-order valence-corrected chi connectivity index (χ4v) is 8.90. The molecule has 0 unspecified atom stereocenters. The Labute approximate surface area is 389 Å². The zero-order chi connectivity index (χ0) is 48.6. The van der Waals surface area contributed by atoms with Gasteiger partial charge in [-0.05, 0) is 65.1 Å². The molecule has 0 radical (unpaired) electrons. The summed E-state index contributed by atoms with van der Waals surface area (Å²) >= 11 is 0. The van der Waals surface area contributed by atoms with E-state index in [2.05, 4.69) is 20.6 Å². The number of likely N-dealkylation sites (tertiary alicyclic amines) is 1. The van der Waals surface area contributed by atoms with Gasteiger partial charge in [0.2, 0.25) is 17.6 Å². The van der Waals surface area contributed by atoms with E-state index < -0.39 is 95.5 Å². The van der Waals surface area contributed by atoms with E-state index in [1.807, 2.05) is 48.5 Å². The summed E-state index contributed by atoms with van der Waals surface area (Å²) in [6.45, 7) is 10.5. The number of benzene rings is 3. The summed E-state index contributed by atoms with van der Waals surface area (Å²) in [7, 11) is 0. The number of amides is 4. The van der Waals surface area contributed by atoms with Crippen LogP contribution in [0.1, 0.15) is 107 Å². The number of carbonyl (C=O) groups excluding carboxylic acids is 7. The van der Waals surface area contributed by atoms with E-state index in [0.29, 0.717) is 18.5 Å². The molecule has 67 heavy (non-hydrogen) atoms. The maximum Gasteiger partial charge on any atom is 0.410 e. The molecule has 0 aliphatic carbocycles. The van der Waals surface area contributed by atoms with Gasteiger partial charge in [0.15, 0.2) is 11.6 Å². The van der Waals surface area contributed by atoms with Gasteiger partial charge >= 0.3 is 12.0 Å². The van der Waals surface area contributed by atoms with E-state index >= 15 is 8.78 Å². The number of halogens is 2. The number of Topliss-reactive ketones (excluding diaryl/α,β-unsaturated/α-hetero) is 3. The average molecular weight is 923 g/mol. The molecule has 6 rings (SSSR count). The maximum atomic E-state index is 16.0. The summed E-state index contributed by atoms with van der Waals surface area (Å²) in [6.07, 6.45) is 1.93. The van der Waals surface area contributed by atoms with Gasteiger partial charge in [0.25, 0.3) is 5.91 Å². The smallest absolute Gasteiger partial charge is 0.410 e. The summed E-state index contributed by atoms with van der Waals surface area (Å²) in [5, 5.41) is 6.85. The Hall–Kier alpha value is -6.45. The van der Waals surface area contributed by atoms with Crippen LogP contribution in [0.4, 0.5) is 13.6 Å². The minimum Gasteiger partial charge on any atom is -0.444 e. The highest BCUT2D eigenvalue weighted by molar-refractivity contribution is 6.09. The molecule has 1 fully saturated rings. The highest BCUT2D eigenvalue weighted by Gasteiger charge is 2.52. The van der Waals surface area contributed by atoms with Crippen molar-refractivity contribution in [3.8, 4) is 0 Å². The summed E-state index contributed by atoms with van der Waals surface area (Å²) in [5.74, 6) is -13.8. The first-order chi connectivity index (χ1) is 31.9. The molecule has 6 atom stereocenters. The second-order valence-corrected chi connectivity index (χ2v) is 18.4. The molecule has 14 nitrogen and oxygen atoms in total. The Balaban J connectivity index is 1.21. The number of fused-ring (bicyclic) bond motifs is 2. The Morgan fingerprint density at radius 3 is 2.22 bits per heavy atom. The number of ketones is 3. The summed E-state index contributed by atoms with van der Waals surface area (Å²) < 4.78 is 37.9. The standard InChI is InChI=1S/C51H60F2N6O8/c1-7-12-37(46(62)51(52,53)49(65)56-32(6)35-18-17-33-13-8-10-15-36(33)23-35)24-44(61)42-25-39(67-50(66)58-22-19-34-14-9-11-16-38(34)28-58)29-59(42)48(64)45(31(4)5)57-47(63)40(30(2)3)26-43(60)41-27-54-20-21-55-41/h8-11,13-18,20-21,23,27,30-32,37,39-40,42,45H,7,12,19,22,24-26,28-29H2,1-6H3,(H,56,65)(H,57,63)/t32-,37+,39+,40-,42-,45-/m0/s1. The molecular formula is C51H60F2N6O8. The van der Waals surface area contributed by atoms with Crippen molar-refractivity contribution in [2.45, 2.75) is 117 Å². The molecule has 0 spiro atoms. The van der Waals surface area contributed by atoms with Gasteiger partial charge in [0.1, 0.15) is 17.8 Å². The van der Waals surface area contributed by atoms with Gasteiger partial charge in [-0.1, -0.05) is 102 Å². The van der Waals surface area contributed by atoms with Crippen LogP contribution in [0.15, 0.2) is 85.3 Å². The van der Waals surface area contributed by atoms with E-state index in [9.17, 15) is 33.6 Å². The van der Waals surface area contributed by atoms with E-state index in [4.69, 9.17) is 4.74 Å². The lowest BCUT2D eigenvalue weighted by Crippen LogP contribution is -2.55. The zero-order valence-electron chi connectivity index (χ0n) is 38.9. The number of hydrogen-bond acceptors (Lipinski definition) is 10. The monoisotopic (exact) mass is 922 g/mol. The molecule has 356 valence electrons. The van der Waals surface area contributed by atoms with Gasteiger partial charge in [-0.3, -0.25) is 33.8 Å². The molecule has 1 aromatic heterocycles. The van der Waals surface area contributed by atoms with Crippen LogP contribution in [0.3, 0.4) is 0 Å². The first-order valence-corrected chi connectivity index (χ1v) is 23.1. The molecule has 2 N–H and O–H groups in total. The number of nitrogens with one attached hydrogen (secondary N) is 2. The number of hydrogen-bond donors (Lipinski definition) is 2. The summed E-state index contributed by atoms with van der Waals surface area (Å²) in [6, 6.07) is 17.0. The molecule has 0 saturated carbocycles. The third-order valence-electron chi connectivity index (χ3n) is 12.9. The zero-order valence-corrected chi connectivity index (χ0v) is 38.9. The third-order valence-corrected chi connectivity index (χ3v) is 12.9. The van der Waals surface area contributed by atoms with Crippen LogP contribution >= 0.6 is 0 Å². The van der Waals surface area contributed by atoms with Gasteiger partial charge in [0.05, 0.1) is 24.8 Å². The summed E-state index contributed by atoms with van der Waals surface area (Å²) in [4.78, 5) is 108. The lowest BCUT2D eigenvalue weighted by Gasteiger charge is -2.32. The van der Waals surface area contributed by atoms with Crippen LogP contribution in [0.5, 0.6) is 0 Å². The Morgan fingerprint density at radius 2 is 1.55 bits per heavy atom. The van der Waals surface area contributed by atoms with Crippen molar-refractivity contribution in [1.29, 1.82) is 0 Å². The maximum absolute atomic E-state index is 16.0. The second kappa shape index (κ2) is 21.9. The predicted molar refractivity (Wildman–Crippen MR) is 246 cm³/mol. The predicted octanol–water partition coefficient (Wildman–Crippen LogP) is 7.24. The summed E-state index contributed by atoms with van der Waals surface area (Å²) in [5.41, 5.74) is 2.69. The number of alkyl halides is 2. The van der Waals surface area contributed by atoms with Crippen LogP contribution in [-0.4, -0.2) is 98.1 Å². The van der Waals surface area contributed by atoms with Crippen LogP contribution < -0.4 is 10.6 Å². The number of nitrogens with zero attached hydrogens (tertiary/aromatic N) is 4. The Morgan fingerprint density at radius 1 is 0.851 bits per heavy atom. The third kappa shape index (κ3) is 11.9. The van der Waals surface area contributed by atoms with E-state index in [0.717, 1.165) is 21.9 Å². The molecular weight excluding hydrogens is 863 g/mol. The lowest BCUT2D eigenvalue weighted by molar-refractivity contribution is -0.162. The quantitative estimate of drug-likeness (QED) is 0.0718. The Kier molecular flexibility index (Phi) is 16.3. The van der Waals surface area contributed by atoms with Gasteiger partial charge < -0.3 is 25.2 Å². The van der Waals surface area contributed by atoms with E-state index in [1.165, 1.54) is 35.3 Å². The van der Waals surface area contributed by atoms with E-state index in [-0.39, 0.29) is 50.4 Å². The van der Waals surface area contributed by atoms with Crippen molar-refractivity contribution >= 4 is 51.9 Å². The fourth-order valence-electron chi connectivity index (χ4n) is 8.90. The highest BCUT2D eigenvalue weighted by Crippen LogP contribution is 2.32. The first kappa shape index (κ1) is 50.0. The molecule has 4 aromatic rings. The van der Waals surface area contributed by atoms with Crippen molar-refractivity contribution < 1.29 is 47.1 Å². The number of carbonyl (C=O) groups is 7. The molecule has 3 heterocycles. The number of rotatable bonds is 19. The van der Waals surface area contributed by atoms with Gasteiger partial charge in [-0.2, -0.15) is 8.78 Å². The lowest BCUT2D eigenvalue weighted by atomic mass is 9.87. The minimum atomic E-state index is -4.50. The normalized spacial score (nSPS) is 17.9. The van der Waals surface area contributed by atoms with Gasteiger partial charge in [0, 0.05) is 56.6 Å². The van der Waals surface area contributed by atoms with Gasteiger partial charge in [-0.25, -0.2) is 9.78 Å². The Bertz CT molecular complexity index is 2470. The van der Waals surface area contributed by atoms with Crippen LogP contribution in [0, 0.1) is 23.7 Å². The van der Waals surface area contributed by atoms with Gasteiger partial charge in [-0.15, -0.1) is 0 Å². The van der Waals surface area contributed by atoms with E-state index in [1.54, 1.807) is 52.8 Å². The molecule has 2 aliphatic rings. The molecule has 1 saturated heterocycles. The second-order valence-electron chi connectivity index (χ2n) is 18.4. The van der Waals surface area contributed by atoms with Crippen molar-refractivity contribution in [1.82, 2.24) is 30.4 Å². The van der Waals surface area contributed by atoms with Crippen LogP contribution in [-0.2, 0) is 41.7 Å². The molecule has 16 heteroatoms. The first-order valence-electron chi connectivity index (χ1n) is 23.1. The minimum absolute atomic E-state index is 0.0824. The topological polar surface area (TPSA) is 185 Å². The van der Waals surface area contributed by atoms with Crippen molar-refractivity contribution in [3.63, 3.8) is 0 Å². The molecule has 2 aliphatic heterocycles. The highest BCUT2D eigenvalue weighted by atomic mass is 19.3. The largest absolute Gasteiger partial charge is 0.444 e. The number of ether oxygens (including phenoxy) is 1. The average Bonchev–Trinajstić information content (AvgIpc) is 3.75. The van der Waals surface area contributed by atoms with Crippen molar-refractivity contribution in [3.05, 3.63) is 108 Å². The van der Waals surface area contributed by atoms with Crippen LogP contribution in [0.25, 0.3) is 10.8 Å². The SMILES string of the molecule is CCC[C@H](CC(=O)[C@@H]1C[C@@H](OC(=O)N2CCc3ccccc3C2)CN1C(=O)[C@@H](NC(=O)[C@@H](CC(=O)c1cnccn1)C(C)C)C(C)C)C(=O)C(F)(F)C(=O)N[C@@H](C)c1ccc2ccccc2c1. The molecule has 3 aromatic carbocycles. The van der Waals surface area contributed by atoms with Crippen LogP contribution in [0.2, 0.25) is 0 Å². The van der Waals surface area contributed by atoms with Crippen molar-refractivity contribution in [2.24, 2.45) is 23.7 Å². The molecule has 0 bridgehead atoms. The fraction of sp³-hybridized carbons (Fsp3) is 0.471.